The van der Waals surface area contributed by atoms with Crippen molar-refractivity contribution < 1.29 is 27.9 Å². The van der Waals surface area contributed by atoms with E-state index in [9.17, 15) is 18.0 Å². The Labute approximate surface area is 146 Å². The van der Waals surface area contributed by atoms with E-state index in [0.717, 1.165) is 6.26 Å². The molecule has 0 heterocycles. The van der Waals surface area contributed by atoms with Crippen LogP contribution in [0.5, 0.6) is 5.75 Å². The molecule has 0 atom stereocenters. The topological polar surface area (TPSA) is 122 Å². The summed E-state index contributed by atoms with van der Waals surface area (Å²) >= 11 is 0. The lowest BCUT2D eigenvalue weighted by atomic mass is 9.86. The third-order valence-corrected chi connectivity index (χ3v) is 5.38. The summed E-state index contributed by atoms with van der Waals surface area (Å²) in [5, 5.41) is 14.3. The number of aliphatic carboxylic acids is 1. The highest BCUT2D eigenvalue weighted by Gasteiger charge is 2.27. The molecule has 2 rings (SSSR count). The maximum absolute atomic E-state index is 12.2. The predicted molar refractivity (Wildman–Crippen MR) is 91.6 cm³/mol. The van der Waals surface area contributed by atoms with Crippen molar-refractivity contribution in [2.24, 2.45) is 5.92 Å². The van der Waals surface area contributed by atoms with Crippen molar-refractivity contribution in [2.75, 3.05) is 18.7 Å². The maximum Gasteiger partial charge on any atom is 0.319 e. The van der Waals surface area contributed by atoms with Crippen molar-refractivity contribution in [2.45, 2.75) is 36.6 Å². The normalized spacial score (nSPS) is 20.6. The molecule has 1 fully saturated rings. The molecule has 1 aromatic rings. The lowest BCUT2D eigenvalue weighted by Gasteiger charge is -2.27. The zero-order chi connectivity index (χ0) is 18.6. The second-order valence-corrected chi connectivity index (χ2v) is 8.10. The summed E-state index contributed by atoms with van der Waals surface area (Å²) in [6, 6.07) is 3.73. The van der Waals surface area contributed by atoms with Crippen molar-refractivity contribution in [3.05, 3.63) is 18.2 Å². The molecule has 1 aliphatic rings. The van der Waals surface area contributed by atoms with Gasteiger partial charge in [0.2, 0.25) is 0 Å². The highest BCUT2D eigenvalue weighted by atomic mass is 32.2. The van der Waals surface area contributed by atoms with E-state index in [1.54, 1.807) is 6.07 Å². The van der Waals surface area contributed by atoms with E-state index in [0.29, 0.717) is 31.4 Å². The number of amides is 2. The number of ether oxygens (including phenoxy) is 1. The molecule has 1 aromatic carbocycles. The van der Waals surface area contributed by atoms with Gasteiger partial charge in [-0.15, -0.1) is 0 Å². The van der Waals surface area contributed by atoms with Crippen LogP contribution in [0, 0.1) is 5.92 Å². The fourth-order valence-electron chi connectivity index (χ4n) is 2.87. The van der Waals surface area contributed by atoms with Crippen molar-refractivity contribution in [3.63, 3.8) is 0 Å². The fourth-order valence-corrected chi connectivity index (χ4v) is 3.72. The first-order valence-electron chi connectivity index (χ1n) is 7.89. The van der Waals surface area contributed by atoms with Crippen molar-refractivity contribution in [1.82, 2.24) is 5.32 Å². The number of carboxylic acids is 1. The Balaban J connectivity index is 2.03. The molecule has 1 saturated carbocycles. The highest BCUT2D eigenvalue weighted by molar-refractivity contribution is 7.90. The molecule has 0 saturated heterocycles. The number of benzene rings is 1. The van der Waals surface area contributed by atoms with Crippen molar-refractivity contribution in [3.8, 4) is 5.75 Å². The summed E-state index contributed by atoms with van der Waals surface area (Å²) in [6.07, 6.45) is 3.23. The number of sulfone groups is 1. The number of carboxylic acid groups (broad SMARTS) is 1. The monoisotopic (exact) mass is 370 g/mol. The molecule has 2 amide bonds. The number of nitrogens with one attached hydrogen (secondary N) is 2. The molecule has 9 heteroatoms. The molecule has 3 N–H and O–H groups in total. The van der Waals surface area contributed by atoms with Gasteiger partial charge in [-0.25, -0.2) is 13.2 Å². The molecule has 8 nitrogen and oxygen atoms in total. The van der Waals surface area contributed by atoms with E-state index in [4.69, 9.17) is 9.84 Å². The van der Waals surface area contributed by atoms with Crippen LogP contribution in [-0.2, 0) is 14.6 Å². The Morgan fingerprint density at radius 3 is 2.36 bits per heavy atom. The Morgan fingerprint density at radius 2 is 1.84 bits per heavy atom. The Morgan fingerprint density at radius 1 is 1.20 bits per heavy atom. The van der Waals surface area contributed by atoms with Crippen molar-refractivity contribution in [1.29, 1.82) is 0 Å². The van der Waals surface area contributed by atoms with Gasteiger partial charge in [-0.05, 0) is 37.8 Å². The van der Waals surface area contributed by atoms with Gasteiger partial charge in [-0.1, -0.05) is 0 Å². The van der Waals surface area contributed by atoms with Crippen LogP contribution in [0.3, 0.4) is 0 Å². The van der Waals surface area contributed by atoms with Crippen LogP contribution in [0.1, 0.15) is 25.7 Å². The van der Waals surface area contributed by atoms with Gasteiger partial charge >= 0.3 is 12.0 Å². The van der Waals surface area contributed by atoms with E-state index < -0.39 is 21.8 Å². The van der Waals surface area contributed by atoms with Crippen LogP contribution in [-0.4, -0.2) is 44.9 Å². The predicted octanol–water partition coefficient (Wildman–Crippen LogP) is 1.86. The Bertz CT molecular complexity index is 754. The number of methoxy groups -OCH3 is 1. The lowest BCUT2D eigenvalue weighted by molar-refractivity contribution is -0.142. The summed E-state index contributed by atoms with van der Waals surface area (Å²) in [4.78, 5) is 23.1. The average molecular weight is 370 g/mol. The smallest absolute Gasteiger partial charge is 0.319 e. The van der Waals surface area contributed by atoms with Crippen LogP contribution in [0.4, 0.5) is 10.5 Å². The first-order chi connectivity index (χ1) is 11.7. The first-order valence-corrected chi connectivity index (χ1v) is 9.78. The van der Waals surface area contributed by atoms with Gasteiger partial charge in [0.1, 0.15) is 5.75 Å². The third kappa shape index (κ3) is 5.09. The van der Waals surface area contributed by atoms with Crippen LogP contribution in [0.25, 0.3) is 0 Å². The summed E-state index contributed by atoms with van der Waals surface area (Å²) in [5.41, 5.74) is 0.167. The van der Waals surface area contributed by atoms with E-state index in [1.165, 1.54) is 19.2 Å². The summed E-state index contributed by atoms with van der Waals surface area (Å²) in [6.45, 7) is 0. The van der Waals surface area contributed by atoms with Gasteiger partial charge in [0, 0.05) is 18.4 Å². The summed E-state index contributed by atoms with van der Waals surface area (Å²) in [7, 11) is -2.12. The molecular weight excluding hydrogens is 348 g/mol. The molecule has 0 aromatic heterocycles. The molecule has 1 aliphatic carbocycles. The number of carbonyl (C=O) groups excluding carboxylic acids is 1. The van der Waals surface area contributed by atoms with E-state index in [2.05, 4.69) is 10.6 Å². The number of rotatable bonds is 5. The first kappa shape index (κ1) is 19.0. The quantitative estimate of drug-likeness (QED) is 0.727. The van der Waals surface area contributed by atoms with Gasteiger partial charge in [-0.3, -0.25) is 4.79 Å². The second kappa shape index (κ2) is 7.73. The molecule has 138 valence electrons. The highest BCUT2D eigenvalue weighted by Crippen LogP contribution is 2.27. The number of hydrogen-bond donors (Lipinski definition) is 3. The van der Waals surface area contributed by atoms with Crippen molar-refractivity contribution >= 4 is 27.5 Å². The molecular formula is C16H22N2O6S. The van der Waals surface area contributed by atoms with Gasteiger partial charge in [-0.2, -0.15) is 0 Å². The third-order valence-electron chi connectivity index (χ3n) is 4.25. The average Bonchev–Trinajstić information content (AvgIpc) is 2.54. The fraction of sp³-hybridized carbons (Fsp3) is 0.500. The zero-order valence-corrected chi connectivity index (χ0v) is 14.9. The summed E-state index contributed by atoms with van der Waals surface area (Å²) < 4.78 is 28.8. The van der Waals surface area contributed by atoms with Gasteiger partial charge < -0.3 is 20.5 Å². The number of hydrogen-bond acceptors (Lipinski definition) is 5. The van der Waals surface area contributed by atoms with E-state index in [1.807, 2.05) is 0 Å². The molecule has 0 aliphatic heterocycles. The minimum absolute atomic E-state index is 0.0309. The molecule has 0 spiro atoms. The molecule has 0 radical (unpaired) electrons. The van der Waals surface area contributed by atoms with E-state index in [-0.39, 0.29) is 22.5 Å². The minimum Gasteiger partial charge on any atom is -0.497 e. The van der Waals surface area contributed by atoms with Gasteiger partial charge in [0.05, 0.1) is 23.6 Å². The molecule has 25 heavy (non-hydrogen) atoms. The SMILES string of the molecule is COc1ccc(NC(=O)NC2CCC(C(=O)O)CC2)c(S(C)(=O)=O)c1. The lowest BCUT2D eigenvalue weighted by Crippen LogP contribution is -2.41. The maximum atomic E-state index is 12.2. The Hall–Kier alpha value is -2.29. The van der Waals surface area contributed by atoms with Crippen LogP contribution in [0.15, 0.2) is 23.1 Å². The van der Waals surface area contributed by atoms with Crippen LogP contribution >= 0.6 is 0 Å². The number of anilines is 1. The number of urea groups is 1. The second-order valence-electron chi connectivity index (χ2n) is 6.12. The van der Waals surface area contributed by atoms with Crippen LogP contribution in [0.2, 0.25) is 0 Å². The summed E-state index contributed by atoms with van der Waals surface area (Å²) in [5.74, 6) is -0.795. The Kier molecular flexibility index (Phi) is 5.89. The van der Waals surface area contributed by atoms with Gasteiger partial charge in [0.25, 0.3) is 0 Å². The van der Waals surface area contributed by atoms with E-state index >= 15 is 0 Å². The zero-order valence-electron chi connectivity index (χ0n) is 14.1. The molecule has 0 unspecified atom stereocenters. The van der Waals surface area contributed by atoms with Crippen LogP contribution < -0.4 is 15.4 Å². The largest absolute Gasteiger partial charge is 0.497 e. The van der Waals surface area contributed by atoms with Gasteiger partial charge in [0.15, 0.2) is 9.84 Å². The minimum atomic E-state index is -3.55. The number of carbonyl (C=O) groups is 2. The standard InChI is InChI=1S/C16H22N2O6S/c1-24-12-7-8-13(14(9-12)25(2,22)23)18-16(21)17-11-5-3-10(4-6-11)15(19)20/h7-11H,3-6H2,1-2H3,(H,19,20)(H2,17,18,21). The molecule has 0 bridgehead atoms.